The summed E-state index contributed by atoms with van der Waals surface area (Å²) in [5.41, 5.74) is 3.30. The number of nitrogens with one attached hydrogen (secondary N) is 1. The average Bonchev–Trinajstić information content (AvgIpc) is 2.23. The highest BCUT2D eigenvalue weighted by Gasteiger charge is 2.44. The van der Waals surface area contributed by atoms with E-state index >= 15 is 0 Å². The fourth-order valence-corrected chi connectivity index (χ4v) is 2.85. The maximum atomic E-state index is 3.36. The minimum atomic E-state index is 0.404. The third-order valence-electron chi connectivity index (χ3n) is 4.05. The van der Waals surface area contributed by atoms with Gasteiger partial charge in [0.05, 0.1) is 0 Å². The van der Waals surface area contributed by atoms with Gasteiger partial charge in [0.15, 0.2) is 0 Å². The standard InChI is InChI=1S/C14H21N/c1-11-5-4-6-13(9-11)14(10-15-3)8-7-12(14)2/h4-6,9,12,15H,7-8,10H2,1-3H3. The van der Waals surface area contributed by atoms with E-state index in [-0.39, 0.29) is 0 Å². The van der Waals surface area contributed by atoms with Crippen LogP contribution in [-0.4, -0.2) is 13.6 Å². The van der Waals surface area contributed by atoms with Crippen LogP contribution in [0.4, 0.5) is 0 Å². The number of aryl methyl sites for hydroxylation is 1. The van der Waals surface area contributed by atoms with E-state index in [0.717, 1.165) is 12.5 Å². The quantitative estimate of drug-likeness (QED) is 0.796. The SMILES string of the molecule is CNCC1(c2cccc(C)c2)CCC1C. The number of benzene rings is 1. The Kier molecular flexibility index (Phi) is 2.83. The summed E-state index contributed by atoms with van der Waals surface area (Å²) in [7, 11) is 2.06. The first kappa shape index (κ1) is 10.7. The highest BCUT2D eigenvalue weighted by atomic mass is 14.8. The molecule has 82 valence electrons. The maximum Gasteiger partial charge on any atom is 0.0103 e. The van der Waals surface area contributed by atoms with E-state index in [2.05, 4.69) is 50.5 Å². The van der Waals surface area contributed by atoms with Gasteiger partial charge in [-0.2, -0.15) is 0 Å². The van der Waals surface area contributed by atoms with Crippen LogP contribution < -0.4 is 5.32 Å². The Balaban J connectivity index is 2.33. The van der Waals surface area contributed by atoms with Crippen molar-refractivity contribution in [1.82, 2.24) is 5.32 Å². The molecule has 0 radical (unpaired) electrons. The molecule has 0 aromatic heterocycles. The third kappa shape index (κ3) is 1.69. The normalized spacial score (nSPS) is 29.9. The first-order valence-electron chi connectivity index (χ1n) is 5.91. The predicted octanol–water partition coefficient (Wildman–Crippen LogP) is 2.88. The molecule has 2 atom stereocenters. The van der Waals surface area contributed by atoms with Crippen LogP contribution in [0.2, 0.25) is 0 Å². The van der Waals surface area contributed by atoms with Gasteiger partial charge in [-0.05, 0) is 38.3 Å². The van der Waals surface area contributed by atoms with Gasteiger partial charge in [-0.1, -0.05) is 36.8 Å². The van der Waals surface area contributed by atoms with E-state index in [9.17, 15) is 0 Å². The molecule has 0 aliphatic heterocycles. The molecule has 1 fully saturated rings. The van der Waals surface area contributed by atoms with Crippen LogP contribution in [0.1, 0.15) is 30.9 Å². The zero-order valence-corrected chi connectivity index (χ0v) is 10.0. The van der Waals surface area contributed by atoms with Crippen molar-refractivity contribution < 1.29 is 0 Å². The largest absolute Gasteiger partial charge is 0.319 e. The monoisotopic (exact) mass is 203 g/mol. The maximum absolute atomic E-state index is 3.36. The summed E-state index contributed by atoms with van der Waals surface area (Å²) in [6.45, 7) is 5.67. The lowest BCUT2D eigenvalue weighted by molar-refractivity contribution is 0.137. The van der Waals surface area contributed by atoms with Gasteiger partial charge in [0.1, 0.15) is 0 Å². The van der Waals surface area contributed by atoms with Gasteiger partial charge in [0.25, 0.3) is 0 Å². The van der Waals surface area contributed by atoms with Crippen molar-refractivity contribution in [3.8, 4) is 0 Å². The van der Waals surface area contributed by atoms with Gasteiger partial charge >= 0.3 is 0 Å². The summed E-state index contributed by atoms with van der Waals surface area (Å²) >= 11 is 0. The number of hydrogen-bond donors (Lipinski definition) is 1. The summed E-state index contributed by atoms with van der Waals surface area (Å²) in [5.74, 6) is 0.812. The van der Waals surface area contributed by atoms with Crippen molar-refractivity contribution in [2.24, 2.45) is 5.92 Å². The van der Waals surface area contributed by atoms with Gasteiger partial charge in [-0.25, -0.2) is 0 Å². The molecular formula is C14H21N. The lowest BCUT2D eigenvalue weighted by Crippen LogP contribution is -2.49. The van der Waals surface area contributed by atoms with Crippen LogP contribution in [0, 0.1) is 12.8 Å². The topological polar surface area (TPSA) is 12.0 Å². The zero-order chi connectivity index (χ0) is 10.9. The fourth-order valence-electron chi connectivity index (χ4n) is 2.85. The molecule has 0 spiro atoms. The highest BCUT2D eigenvalue weighted by molar-refractivity contribution is 5.33. The highest BCUT2D eigenvalue weighted by Crippen LogP contribution is 2.48. The van der Waals surface area contributed by atoms with Crippen molar-refractivity contribution in [3.05, 3.63) is 35.4 Å². The van der Waals surface area contributed by atoms with Gasteiger partial charge in [-0.3, -0.25) is 0 Å². The molecule has 2 rings (SSSR count). The van der Waals surface area contributed by atoms with E-state index in [4.69, 9.17) is 0 Å². The Bertz CT molecular complexity index is 345. The molecule has 1 heteroatoms. The Morgan fingerprint density at radius 2 is 2.27 bits per heavy atom. The lowest BCUT2D eigenvalue weighted by atomic mass is 9.57. The second-order valence-electron chi connectivity index (χ2n) is 5.00. The summed E-state index contributed by atoms with van der Waals surface area (Å²) in [4.78, 5) is 0. The molecule has 1 N–H and O–H groups in total. The molecule has 2 unspecified atom stereocenters. The molecule has 1 nitrogen and oxygen atoms in total. The summed E-state index contributed by atoms with van der Waals surface area (Å²) in [5, 5.41) is 3.36. The van der Waals surface area contributed by atoms with Crippen LogP contribution >= 0.6 is 0 Å². The average molecular weight is 203 g/mol. The van der Waals surface area contributed by atoms with Crippen LogP contribution in [0.5, 0.6) is 0 Å². The second-order valence-corrected chi connectivity index (χ2v) is 5.00. The van der Waals surface area contributed by atoms with E-state index in [1.807, 2.05) is 0 Å². The van der Waals surface area contributed by atoms with Crippen molar-refractivity contribution >= 4 is 0 Å². The Labute approximate surface area is 92.9 Å². The van der Waals surface area contributed by atoms with Crippen LogP contribution in [0.25, 0.3) is 0 Å². The predicted molar refractivity (Wildman–Crippen MR) is 65.2 cm³/mol. The molecule has 1 aliphatic rings. The summed E-state index contributed by atoms with van der Waals surface area (Å²) < 4.78 is 0. The first-order chi connectivity index (χ1) is 7.19. The number of hydrogen-bond acceptors (Lipinski definition) is 1. The molecule has 0 heterocycles. The van der Waals surface area contributed by atoms with Gasteiger partial charge < -0.3 is 5.32 Å². The van der Waals surface area contributed by atoms with Crippen molar-refractivity contribution in [2.75, 3.05) is 13.6 Å². The van der Waals surface area contributed by atoms with E-state index in [1.165, 1.54) is 24.0 Å². The molecule has 1 aromatic carbocycles. The van der Waals surface area contributed by atoms with Gasteiger partial charge in [-0.15, -0.1) is 0 Å². The van der Waals surface area contributed by atoms with E-state index < -0.39 is 0 Å². The molecule has 1 aliphatic carbocycles. The Morgan fingerprint density at radius 3 is 2.73 bits per heavy atom. The lowest BCUT2D eigenvalue weighted by Gasteiger charge is -2.49. The van der Waals surface area contributed by atoms with Gasteiger partial charge in [0.2, 0.25) is 0 Å². The number of likely N-dealkylation sites (N-methyl/N-ethyl adjacent to an activating group) is 1. The fraction of sp³-hybridized carbons (Fsp3) is 0.571. The van der Waals surface area contributed by atoms with Crippen LogP contribution in [-0.2, 0) is 5.41 Å². The van der Waals surface area contributed by atoms with E-state index in [0.29, 0.717) is 5.41 Å². The second kappa shape index (κ2) is 3.97. The summed E-state index contributed by atoms with van der Waals surface area (Å²) in [6, 6.07) is 9.01. The van der Waals surface area contributed by atoms with Crippen LogP contribution in [0.3, 0.4) is 0 Å². The molecule has 1 aromatic rings. The smallest absolute Gasteiger partial charge is 0.0103 e. The van der Waals surface area contributed by atoms with Gasteiger partial charge in [0, 0.05) is 12.0 Å². The zero-order valence-electron chi connectivity index (χ0n) is 10.0. The van der Waals surface area contributed by atoms with Crippen molar-refractivity contribution in [1.29, 1.82) is 0 Å². The Hall–Kier alpha value is -0.820. The minimum absolute atomic E-state index is 0.404. The van der Waals surface area contributed by atoms with E-state index in [1.54, 1.807) is 0 Å². The summed E-state index contributed by atoms with van der Waals surface area (Å²) in [6.07, 6.45) is 2.70. The minimum Gasteiger partial charge on any atom is -0.319 e. The number of rotatable bonds is 3. The molecule has 15 heavy (non-hydrogen) atoms. The molecule has 0 saturated heterocycles. The van der Waals surface area contributed by atoms with Crippen LogP contribution in [0.15, 0.2) is 24.3 Å². The van der Waals surface area contributed by atoms with Crippen molar-refractivity contribution in [3.63, 3.8) is 0 Å². The molecule has 0 bridgehead atoms. The van der Waals surface area contributed by atoms with Crippen molar-refractivity contribution in [2.45, 2.75) is 32.1 Å². The Morgan fingerprint density at radius 1 is 1.47 bits per heavy atom. The third-order valence-corrected chi connectivity index (χ3v) is 4.05. The molecular weight excluding hydrogens is 182 g/mol. The first-order valence-corrected chi connectivity index (χ1v) is 5.91. The molecule has 1 saturated carbocycles. The molecule has 0 amide bonds.